The third-order valence-corrected chi connectivity index (χ3v) is 6.46. The van der Waals surface area contributed by atoms with E-state index in [-0.39, 0.29) is 5.78 Å². The molecule has 6 heteroatoms. The second kappa shape index (κ2) is 6.65. The predicted octanol–water partition coefficient (Wildman–Crippen LogP) is 3.87. The molecule has 2 N–H and O–H groups in total. The van der Waals surface area contributed by atoms with Crippen molar-refractivity contribution in [2.24, 2.45) is 0 Å². The molecule has 2 aliphatic rings. The van der Waals surface area contributed by atoms with E-state index < -0.39 is 17.2 Å². The highest BCUT2D eigenvalue weighted by atomic mass is 16.2. The summed E-state index contributed by atoms with van der Waals surface area (Å²) >= 11 is 0. The molecule has 0 radical (unpaired) electrons. The van der Waals surface area contributed by atoms with Crippen LogP contribution in [0.5, 0.6) is 0 Å². The predicted molar refractivity (Wildman–Crippen MR) is 124 cm³/mol. The van der Waals surface area contributed by atoms with E-state index in [1.54, 1.807) is 6.07 Å². The molecule has 1 aliphatic carbocycles. The molecule has 2 heterocycles. The Bertz CT molecular complexity index is 1600. The van der Waals surface area contributed by atoms with Gasteiger partial charge < -0.3 is 5.32 Å². The summed E-state index contributed by atoms with van der Waals surface area (Å²) < 4.78 is 1.52. The summed E-state index contributed by atoms with van der Waals surface area (Å²) in [4.78, 5) is 41.9. The van der Waals surface area contributed by atoms with E-state index >= 15 is 0 Å². The molecule has 1 aromatic heterocycles. The van der Waals surface area contributed by atoms with Crippen LogP contribution in [0, 0.1) is 0 Å². The fourth-order valence-corrected chi connectivity index (χ4v) is 5.08. The molecule has 3 aromatic carbocycles. The fourth-order valence-electron chi connectivity index (χ4n) is 5.08. The maximum absolute atomic E-state index is 13.6. The van der Waals surface area contributed by atoms with Gasteiger partial charge in [0.25, 0.3) is 5.56 Å². The number of H-pyrrole nitrogens is 1. The first-order chi connectivity index (χ1) is 15.6. The smallest absolute Gasteiger partial charge is 0.329 e. The zero-order chi connectivity index (χ0) is 22.0. The van der Waals surface area contributed by atoms with Crippen molar-refractivity contribution in [3.8, 4) is 0 Å². The summed E-state index contributed by atoms with van der Waals surface area (Å²) in [7, 11) is 0. The van der Waals surface area contributed by atoms with Gasteiger partial charge in [0.1, 0.15) is 5.82 Å². The largest absolute Gasteiger partial charge is 0.340 e. The zero-order valence-corrected chi connectivity index (χ0v) is 17.3. The van der Waals surface area contributed by atoms with Gasteiger partial charge in [0, 0.05) is 29.2 Å². The third kappa shape index (κ3) is 2.37. The molecule has 1 aliphatic heterocycles. The van der Waals surface area contributed by atoms with Crippen molar-refractivity contribution in [2.75, 3.05) is 5.32 Å². The molecular weight excluding hydrogens is 402 g/mol. The quantitative estimate of drug-likeness (QED) is 0.515. The summed E-state index contributed by atoms with van der Waals surface area (Å²) in [6, 6.07) is 21.3. The monoisotopic (exact) mass is 421 g/mol. The summed E-state index contributed by atoms with van der Waals surface area (Å²) in [5.74, 6) is -0.253. The van der Waals surface area contributed by atoms with E-state index in [0.717, 1.165) is 21.9 Å². The van der Waals surface area contributed by atoms with Gasteiger partial charge in [0.15, 0.2) is 5.78 Å². The van der Waals surface area contributed by atoms with Gasteiger partial charge in [-0.3, -0.25) is 19.1 Å². The highest BCUT2D eigenvalue weighted by molar-refractivity contribution is 6.24. The normalized spacial score (nSPS) is 16.5. The lowest BCUT2D eigenvalue weighted by atomic mass is 9.79. The van der Waals surface area contributed by atoms with Crippen molar-refractivity contribution in [1.82, 2.24) is 9.55 Å². The molecule has 6 rings (SSSR count). The van der Waals surface area contributed by atoms with E-state index in [1.165, 1.54) is 4.57 Å². The first-order valence-corrected chi connectivity index (χ1v) is 10.6. The minimum absolute atomic E-state index is 0.0969. The van der Waals surface area contributed by atoms with Crippen LogP contribution >= 0.6 is 0 Å². The maximum atomic E-state index is 13.6. The van der Waals surface area contributed by atoms with Gasteiger partial charge >= 0.3 is 5.69 Å². The standard InChI is InChI=1S/C26H19N3O3/c1-2-29-24-21(25(31)28-26(29)32)19(16-13-7-9-14-8-3-4-10-15(14)16)20-22(27-24)17-11-5-6-12-18(17)23(20)30/h3-13,19,27H,2H2,1H3,(H,28,31,32)/t19-/m1/s1. The van der Waals surface area contributed by atoms with Crippen LogP contribution in [0.2, 0.25) is 0 Å². The number of rotatable bonds is 2. The number of Topliss-reactive ketones (excluding diaryl/α,β-unsaturated/α-hetero) is 1. The number of carbonyl (C=O) groups excluding carboxylic acids is 1. The molecule has 4 aromatic rings. The number of hydrogen-bond donors (Lipinski definition) is 2. The molecule has 0 amide bonds. The first-order valence-electron chi connectivity index (χ1n) is 10.6. The number of aromatic amines is 1. The Morgan fingerprint density at radius 3 is 2.41 bits per heavy atom. The Balaban J connectivity index is 1.76. The molecular formula is C26H19N3O3. The lowest BCUT2D eigenvalue weighted by Crippen LogP contribution is -2.38. The van der Waals surface area contributed by atoms with E-state index in [4.69, 9.17) is 0 Å². The summed E-state index contributed by atoms with van der Waals surface area (Å²) in [6.07, 6.45) is 0. The average molecular weight is 421 g/mol. The molecule has 32 heavy (non-hydrogen) atoms. The number of anilines is 1. The molecule has 156 valence electrons. The van der Waals surface area contributed by atoms with Crippen LogP contribution < -0.4 is 16.6 Å². The van der Waals surface area contributed by atoms with Crippen LogP contribution in [-0.4, -0.2) is 15.3 Å². The number of nitrogens with one attached hydrogen (secondary N) is 2. The number of ketones is 1. The second-order valence-corrected chi connectivity index (χ2v) is 8.06. The number of allylic oxidation sites excluding steroid dienone is 1. The minimum atomic E-state index is -0.602. The number of aromatic nitrogens is 2. The van der Waals surface area contributed by atoms with Crippen molar-refractivity contribution in [1.29, 1.82) is 0 Å². The highest BCUT2D eigenvalue weighted by Gasteiger charge is 2.42. The minimum Gasteiger partial charge on any atom is -0.340 e. The van der Waals surface area contributed by atoms with Gasteiger partial charge in [-0.15, -0.1) is 0 Å². The molecule has 0 fully saturated rings. The number of carbonyl (C=O) groups is 1. The molecule has 0 saturated carbocycles. The number of nitrogens with zero attached hydrogens (tertiary/aromatic N) is 1. The van der Waals surface area contributed by atoms with Crippen molar-refractivity contribution >= 4 is 28.1 Å². The molecule has 0 spiro atoms. The van der Waals surface area contributed by atoms with Crippen molar-refractivity contribution in [3.63, 3.8) is 0 Å². The van der Waals surface area contributed by atoms with Crippen molar-refractivity contribution in [3.05, 3.63) is 115 Å². The van der Waals surface area contributed by atoms with E-state index in [0.29, 0.717) is 34.8 Å². The van der Waals surface area contributed by atoms with Crippen LogP contribution in [0.3, 0.4) is 0 Å². The van der Waals surface area contributed by atoms with Crippen LogP contribution in [0.15, 0.2) is 81.9 Å². The first kappa shape index (κ1) is 18.6. The lowest BCUT2D eigenvalue weighted by Gasteiger charge is -2.30. The average Bonchev–Trinajstić information content (AvgIpc) is 3.10. The zero-order valence-electron chi connectivity index (χ0n) is 17.3. The summed E-state index contributed by atoms with van der Waals surface area (Å²) in [5, 5.41) is 5.29. The van der Waals surface area contributed by atoms with Gasteiger partial charge in [-0.2, -0.15) is 0 Å². The SMILES string of the molecule is CCn1c2c(c(=O)[nH]c1=O)[C@H](c1cccc3ccccc13)C1=C(N2)c2ccccc2C1=O. The Labute approximate surface area is 182 Å². The molecule has 0 saturated heterocycles. The van der Waals surface area contributed by atoms with Crippen LogP contribution in [0.4, 0.5) is 5.82 Å². The third-order valence-electron chi connectivity index (χ3n) is 6.46. The van der Waals surface area contributed by atoms with E-state index in [1.807, 2.05) is 67.6 Å². The summed E-state index contributed by atoms with van der Waals surface area (Å²) in [5.41, 5.74) is 2.92. The van der Waals surface area contributed by atoms with Crippen molar-refractivity contribution in [2.45, 2.75) is 19.4 Å². The lowest BCUT2D eigenvalue weighted by molar-refractivity contribution is 0.103. The summed E-state index contributed by atoms with van der Waals surface area (Å²) in [6.45, 7) is 2.23. The number of hydrogen-bond acceptors (Lipinski definition) is 4. The number of fused-ring (bicyclic) bond motifs is 4. The molecule has 0 bridgehead atoms. The molecule has 6 nitrogen and oxygen atoms in total. The van der Waals surface area contributed by atoms with Gasteiger partial charge in [0.05, 0.1) is 11.3 Å². The maximum Gasteiger partial charge on any atom is 0.329 e. The molecule has 1 atom stereocenters. The van der Waals surface area contributed by atoms with Crippen LogP contribution in [-0.2, 0) is 6.54 Å². The van der Waals surface area contributed by atoms with E-state index in [2.05, 4.69) is 10.3 Å². The Hall–Kier alpha value is -4.19. The number of benzene rings is 3. The second-order valence-electron chi connectivity index (χ2n) is 8.06. The topological polar surface area (TPSA) is 84.0 Å². The fraction of sp³-hybridized carbons (Fsp3) is 0.115. The van der Waals surface area contributed by atoms with Gasteiger partial charge in [0.2, 0.25) is 0 Å². The van der Waals surface area contributed by atoms with E-state index in [9.17, 15) is 14.4 Å². The Kier molecular flexibility index (Phi) is 3.86. The molecule has 0 unspecified atom stereocenters. The van der Waals surface area contributed by atoms with Crippen molar-refractivity contribution < 1.29 is 4.79 Å². The Morgan fingerprint density at radius 1 is 0.875 bits per heavy atom. The van der Waals surface area contributed by atoms with Crippen LogP contribution in [0.1, 0.15) is 39.9 Å². The van der Waals surface area contributed by atoms with Gasteiger partial charge in [-0.25, -0.2) is 4.79 Å². The van der Waals surface area contributed by atoms with Gasteiger partial charge in [-0.05, 0) is 23.3 Å². The van der Waals surface area contributed by atoms with Gasteiger partial charge in [-0.1, -0.05) is 66.7 Å². The Morgan fingerprint density at radius 2 is 1.59 bits per heavy atom. The highest BCUT2D eigenvalue weighted by Crippen LogP contribution is 2.48. The van der Waals surface area contributed by atoms with Crippen LogP contribution in [0.25, 0.3) is 16.5 Å².